The molecule has 2 amide bonds. The van der Waals surface area contributed by atoms with Crippen LogP contribution in [0.4, 0.5) is 0 Å². The van der Waals surface area contributed by atoms with E-state index >= 15 is 0 Å². The van der Waals surface area contributed by atoms with Crippen molar-refractivity contribution in [1.82, 2.24) is 5.32 Å². The number of benzene rings is 1. The predicted molar refractivity (Wildman–Crippen MR) is 78.1 cm³/mol. The number of ether oxygens (including phenoxy) is 1. The second-order valence-corrected chi connectivity index (χ2v) is 5.22. The number of halogens is 1. The number of nitrogens with two attached hydrogens (primary N) is 2. The lowest BCUT2D eigenvalue weighted by Crippen LogP contribution is -2.87. The van der Waals surface area contributed by atoms with E-state index in [-0.39, 0.29) is 25.0 Å². The van der Waals surface area contributed by atoms with Gasteiger partial charge in [-0.3, -0.25) is 9.59 Å². The Morgan fingerprint density at radius 1 is 1.50 bits per heavy atom. The van der Waals surface area contributed by atoms with E-state index in [1.165, 1.54) is 0 Å². The van der Waals surface area contributed by atoms with Gasteiger partial charge in [-0.1, -0.05) is 0 Å². The predicted octanol–water partition coefficient (Wildman–Crippen LogP) is -0.316. The Balaban J connectivity index is 2.50. The fraction of sp³-hybridized carbons (Fsp3) is 0.385. The minimum absolute atomic E-state index is 0.108. The van der Waals surface area contributed by atoms with Crippen LogP contribution in [-0.2, 0) is 9.59 Å². The van der Waals surface area contributed by atoms with Gasteiger partial charge in [0.25, 0.3) is 5.91 Å². The molecular formula is C13H19BrN3O3+. The number of hydrogen-bond acceptors (Lipinski definition) is 3. The standard InChI is InChI=1S/C13H18BrN3O3/c1-8(16-7-13(19)17-6-12(15)18)9-3-4-11(20-2)10(14)5-9/h3-5,8,16H,6-7H2,1-2H3,(H2,15,18)(H,17,19)/p+1/t8-/m1/s1. The fourth-order valence-electron chi connectivity index (χ4n) is 1.64. The molecule has 0 bridgehead atoms. The van der Waals surface area contributed by atoms with Gasteiger partial charge in [-0.25, -0.2) is 0 Å². The first-order chi connectivity index (χ1) is 9.43. The van der Waals surface area contributed by atoms with E-state index in [0.717, 1.165) is 15.8 Å². The van der Waals surface area contributed by atoms with Crippen molar-refractivity contribution in [1.29, 1.82) is 0 Å². The maximum atomic E-state index is 11.5. The summed E-state index contributed by atoms with van der Waals surface area (Å²) in [6, 6.07) is 5.89. The van der Waals surface area contributed by atoms with Gasteiger partial charge in [0.2, 0.25) is 5.91 Å². The van der Waals surface area contributed by atoms with Crippen molar-refractivity contribution < 1.29 is 19.6 Å². The summed E-state index contributed by atoms with van der Waals surface area (Å²) in [4.78, 5) is 22.0. The molecule has 7 heteroatoms. The number of quaternary nitrogens is 1. The first kappa shape index (κ1) is 16.5. The van der Waals surface area contributed by atoms with E-state index in [2.05, 4.69) is 21.2 Å². The molecule has 0 radical (unpaired) electrons. The van der Waals surface area contributed by atoms with Crippen LogP contribution >= 0.6 is 15.9 Å². The zero-order chi connectivity index (χ0) is 15.1. The second-order valence-electron chi connectivity index (χ2n) is 4.37. The minimum atomic E-state index is -0.550. The maximum absolute atomic E-state index is 11.5. The Kier molecular flexibility index (Phi) is 6.47. The molecule has 1 aromatic carbocycles. The molecule has 0 aliphatic carbocycles. The lowest BCUT2D eigenvalue weighted by atomic mass is 10.1. The minimum Gasteiger partial charge on any atom is -0.496 e. The van der Waals surface area contributed by atoms with Crippen LogP contribution in [0.2, 0.25) is 0 Å². The Morgan fingerprint density at radius 2 is 2.20 bits per heavy atom. The topological polar surface area (TPSA) is 98.0 Å². The monoisotopic (exact) mass is 344 g/mol. The van der Waals surface area contributed by atoms with Crippen LogP contribution in [0.3, 0.4) is 0 Å². The lowest BCUT2D eigenvalue weighted by Gasteiger charge is -2.12. The molecule has 110 valence electrons. The highest BCUT2D eigenvalue weighted by atomic mass is 79.9. The van der Waals surface area contributed by atoms with Crippen LogP contribution in [-0.4, -0.2) is 32.0 Å². The third-order valence-electron chi connectivity index (χ3n) is 2.82. The number of amides is 2. The number of carbonyl (C=O) groups is 2. The molecule has 1 aromatic rings. The summed E-state index contributed by atoms with van der Waals surface area (Å²) in [7, 11) is 1.61. The molecule has 0 fully saturated rings. The molecule has 20 heavy (non-hydrogen) atoms. The van der Waals surface area contributed by atoms with E-state index in [0.29, 0.717) is 0 Å². The van der Waals surface area contributed by atoms with E-state index in [9.17, 15) is 9.59 Å². The largest absolute Gasteiger partial charge is 0.496 e. The van der Waals surface area contributed by atoms with Crippen molar-refractivity contribution in [3.8, 4) is 5.75 Å². The maximum Gasteiger partial charge on any atom is 0.275 e. The molecule has 0 heterocycles. The number of rotatable bonds is 7. The second kappa shape index (κ2) is 7.86. The Morgan fingerprint density at radius 3 is 2.75 bits per heavy atom. The van der Waals surface area contributed by atoms with Gasteiger partial charge in [0, 0.05) is 5.56 Å². The molecule has 6 nitrogen and oxygen atoms in total. The highest BCUT2D eigenvalue weighted by Crippen LogP contribution is 2.26. The normalized spacial score (nSPS) is 11.8. The SMILES string of the molecule is COc1ccc([C@@H](C)[NH2+]CC(=O)NCC(N)=O)cc1Br. The number of primary amides is 1. The Bertz CT molecular complexity index is 494. The summed E-state index contributed by atoms with van der Waals surface area (Å²) < 4.78 is 6.04. The first-order valence-electron chi connectivity index (χ1n) is 6.15. The Labute approximate surface area is 126 Å². The smallest absolute Gasteiger partial charge is 0.275 e. The molecule has 0 aliphatic heterocycles. The van der Waals surface area contributed by atoms with Crippen LogP contribution in [0, 0.1) is 0 Å². The van der Waals surface area contributed by atoms with Crippen LogP contribution in [0.1, 0.15) is 18.5 Å². The van der Waals surface area contributed by atoms with Crippen molar-refractivity contribution in [2.75, 3.05) is 20.2 Å². The number of methoxy groups -OCH3 is 1. The number of nitrogens with one attached hydrogen (secondary N) is 1. The van der Waals surface area contributed by atoms with Gasteiger partial charge in [0.05, 0.1) is 18.1 Å². The zero-order valence-electron chi connectivity index (χ0n) is 11.5. The zero-order valence-corrected chi connectivity index (χ0v) is 13.1. The lowest BCUT2D eigenvalue weighted by molar-refractivity contribution is -0.682. The summed E-state index contributed by atoms with van der Waals surface area (Å²) in [5, 5.41) is 4.32. The van der Waals surface area contributed by atoms with Crippen molar-refractivity contribution in [2.45, 2.75) is 13.0 Å². The fourth-order valence-corrected chi connectivity index (χ4v) is 2.20. The molecule has 0 aromatic heterocycles. The molecule has 1 atom stereocenters. The van der Waals surface area contributed by atoms with Gasteiger partial charge in [-0.15, -0.1) is 0 Å². The van der Waals surface area contributed by atoms with Crippen molar-refractivity contribution >= 4 is 27.7 Å². The summed E-state index contributed by atoms with van der Waals surface area (Å²) >= 11 is 3.43. The molecule has 0 saturated heterocycles. The number of hydrogen-bond donors (Lipinski definition) is 3. The summed E-state index contributed by atoms with van der Waals surface area (Å²) in [6.07, 6.45) is 0. The van der Waals surface area contributed by atoms with E-state index in [4.69, 9.17) is 10.5 Å². The number of carbonyl (C=O) groups excluding carboxylic acids is 2. The first-order valence-corrected chi connectivity index (χ1v) is 6.95. The molecule has 5 N–H and O–H groups in total. The van der Waals surface area contributed by atoms with Gasteiger partial charge in [-0.2, -0.15) is 0 Å². The molecule has 0 unspecified atom stereocenters. The molecule has 1 rings (SSSR count). The third kappa shape index (κ3) is 5.18. The third-order valence-corrected chi connectivity index (χ3v) is 3.44. The van der Waals surface area contributed by atoms with Gasteiger partial charge >= 0.3 is 0 Å². The highest BCUT2D eigenvalue weighted by molar-refractivity contribution is 9.10. The van der Waals surface area contributed by atoms with Gasteiger partial charge < -0.3 is 21.1 Å². The van der Waals surface area contributed by atoms with E-state index < -0.39 is 5.91 Å². The van der Waals surface area contributed by atoms with Gasteiger partial charge in [0.1, 0.15) is 11.8 Å². The summed E-state index contributed by atoms with van der Waals surface area (Å²) in [6.45, 7) is 2.10. The van der Waals surface area contributed by atoms with Gasteiger partial charge in [-0.05, 0) is 41.1 Å². The molecule has 0 saturated carbocycles. The summed E-state index contributed by atoms with van der Waals surface area (Å²) in [5.41, 5.74) is 6.02. The van der Waals surface area contributed by atoms with E-state index in [1.807, 2.05) is 30.4 Å². The highest BCUT2D eigenvalue weighted by Gasteiger charge is 2.13. The van der Waals surface area contributed by atoms with Crippen molar-refractivity contribution in [3.63, 3.8) is 0 Å². The molecule has 0 spiro atoms. The van der Waals surface area contributed by atoms with Crippen molar-refractivity contribution in [2.24, 2.45) is 5.73 Å². The van der Waals surface area contributed by atoms with E-state index in [1.54, 1.807) is 7.11 Å². The van der Waals surface area contributed by atoms with Crippen LogP contribution in [0.25, 0.3) is 0 Å². The average Bonchev–Trinajstić information content (AvgIpc) is 2.42. The van der Waals surface area contributed by atoms with Crippen LogP contribution in [0.15, 0.2) is 22.7 Å². The van der Waals surface area contributed by atoms with Gasteiger partial charge in [0.15, 0.2) is 6.54 Å². The average molecular weight is 345 g/mol. The molecule has 0 aliphatic rings. The van der Waals surface area contributed by atoms with Crippen LogP contribution in [0.5, 0.6) is 5.75 Å². The molecular weight excluding hydrogens is 326 g/mol. The summed E-state index contributed by atoms with van der Waals surface area (Å²) in [5.74, 6) is -0.00568. The van der Waals surface area contributed by atoms with Crippen LogP contribution < -0.4 is 21.1 Å². The quantitative estimate of drug-likeness (QED) is 0.632. The van der Waals surface area contributed by atoms with Crippen molar-refractivity contribution in [3.05, 3.63) is 28.2 Å². The Hall–Kier alpha value is -1.60.